The smallest absolute Gasteiger partial charge is 0.129 e. The molecule has 96 valence electrons. The summed E-state index contributed by atoms with van der Waals surface area (Å²) in [5.41, 5.74) is 2.76. The standard InChI is InChI=1S/C13H16ClN3O/c1-3-17-11(6-9(2)16-17)7-12(18)10-4-5-13(14)15-8-10/h4-6,8,12,18H,3,7H2,1-2H3. The molecule has 0 saturated heterocycles. The third kappa shape index (κ3) is 2.89. The average Bonchev–Trinajstić information content (AvgIpc) is 2.70. The van der Waals surface area contributed by atoms with E-state index in [1.165, 1.54) is 0 Å². The van der Waals surface area contributed by atoms with Gasteiger partial charge in [-0.2, -0.15) is 5.10 Å². The van der Waals surface area contributed by atoms with E-state index in [-0.39, 0.29) is 0 Å². The van der Waals surface area contributed by atoms with Crippen LogP contribution in [0.3, 0.4) is 0 Å². The number of aryl methyl sites for hydroxylation is 2. The fraction of sp³-hybridized carbons (Fsp3) is 0.385. The molecule has 2 heterocycles. The highest BCUT2D eigenvalue weighted by Crippen LogP contribution is 2.19. The number of halogens is 1. The molecule has 0 aromatic carbocycles. The van der Waals surface area contributed by atoms with Crippen molar-refractivity contribution in [1.82, 2.24) is 14.8 Å². The quantitative estimate of drug-likeness (QED) is 0.865. The van der Waals surface area contributed by atoms with Gasteiger partial charge in [0.05, 0.1) is 11.8 Å². The average molecular weight is 266 g/mol. The zero-order chi connectivity index (χ0) is 13.1. The maximum Gasteiger partial charge on any atom is 0.129 e. The Bertz CT molecular complexity index is 522. The van der Waals surface area contributed by atoms with Crippen LogP contribution in [0, 0.1) is 6.92 Å². The molecule has 0 aliphatic rings. The molecule has 1 atom stereocenters. The van der Waals surface area contributed by atoms with E-state index >= 15 is 0 Å². The summed E-state index contributed by atoms with van der Waals surface area (Å²) in [6, 6.07) is 5.47. The van der Waals surface area contributed by atoms with Gasteiger partial charge in [0.1, 0.15) is 5.15 Å². The van der Waals surface area contributed by atoms with Crippen molar-refractivity contribution < 1.29 is 5.11 Å². The van der Waals surface area contributed by atoms with Gasteiger partial charge in [-0.25, -0.2) is 4.98 Å². The van der Waals surface area contributed by atoms with E-state index in [0.717, 1.165) is 23.5 Å². The molecule has 1 N–H and O–H groups in total. The van der Waals surface area contributed by atoms with Crippen molar-refractivity contribution in [3.8, 4) is 0 Å². The summed E-state index contributed by atoms with van der Waals surface area (Å²) in [4.78, 5) is 3.97. The highest BCUT2D eigenvalue weighted by atomic mass is 35.5. The lowest BCUT2D eigenvalue weighted by molar-refractivity contribution is 0.175. The third-order valence-electron chi connectivity index (χ3n) is 2.82. The Morgan fingerprint density at radius 3 is 2.83 bits per heavy atom. The van der Waals surface area contributed by atoms with Gasteiger partial charge in [0.2, 0.25) is 0 Å². The number of nitrogens with zero attached hydrogens (tertiary/aromatic N) is 3. The van der Waals surface area contributed by atoms with Crippen LogP contribution in [-0.2, 0) is 13.0 Å². The number of aliphatic hydroxyl groups excluding tert-OH is 1. The van der Waals surface area contributed by atoms with Crippen molar-refractivity contribution in [2.75, 3.05) is 0 Å². The second kappa shape index (κ2) is 5.50. The monoisotopic (exact) mass is 265 g/mol. The maximum absolute atomic E-state index is 10.2. The normalized spacial score (nSPS) is 12.7. The minimum atomic E-state index is -0.587. The Labute approximate surface area is 111 Å². The summed E-state index contributed by atoms with van der Waals surface area (Å²) in [6.45, 7) is 4.78. The first-order chi connectivity index (χ1) is 8.60. The predicted molar refractivity (Wildman–Crippen MR) is 70.5 cm³/mol. The molecule has 1 unspecified atom stereocenters. The van der Waals surface area contributed by atoms with Crippen molar-refractivity contribution >= 4 is 11.6 Å². The number of aromatic nitrogens is 3. The lowest BCUT2D eigenvalue weighted by atomic mass is 10.1. The first-order valence-electron chi connectivity index (χ1n) is 5.93. The van der Waals surface area contributed by atoms with Crippen molar-refractivity contribution in [3.63, 3.8) is 0 Å². The second-order valence-electron chi connectivity index (χ2n) is 4.23. The van der Waals surface area contributed by atoms with Crippen LogP contribution >= 0.6 is 11.6 Å². The van der Waals surface area contributed by atoms with Crippen LogP contribution in [-0.4, -0.2) is 19.9 Å². The van der Waals surface area contributed by atoms with Gasteiger partial charge in [0.15, 0.2) is 0 Å². The van der Waals surface area contributed by atoms with Crippen molar-refractivity contribution in [2.45, 2.75) is 32.9 Å². The SMILES string of the molecule is CCn1nc(C)cc1CC(O)c1ccc(Cl)nc1. The van der Waals surface area contributed by atoms with E-state index in [4.69, 9.17) is 11.6 Å². The molecular formula is C13H16ClN3O. The van der Waals surface area contributed by atoms with E-state index < -0.39 is 6.10 Å². The number of hydrogen-bond acceptors (Lipinski definition) is 3. The van der Waals surface area contributed by atoms with Gasteiger partial charge in [0, 0.05) is 24.9 Å². The van der Waals surface area contributed by atoms with E-state index in [9.17, 15) is 5.11 Å². The van der Waals surface area contributed by atoms with Crippen LogP contribution in [0.15, 0.2) is 24.4 Å². The Hall–Kier alpha value is -1.39. The topological polar surface area (TPSA) is 50.9 Å². The summed E-state index contributed by atoms with van der Waals surface area (Å²) in [7, 11) is 0. The van der Waals surface area contributed by atoms with Crippen LogP contribution < -0.4 is 0 Å². The van der Waals surface area contributed by atoms with Gasteiger partial charge < -0.3 is 5.11 Å². The largest absolute Gasteiger partial charge is 0.388 e. The minimum absolute atomic E-state index is 0.431. The molecule has 0 saturated carbocycles. The van der Waals surface area contributed by atoms with Crippen LogP contribution in [0.25, 0.3) is 0 Å². The summed E-state index contributed by atoms with van der Waals surface area (Å²) < 4.78 is 1.90. The Balaban J connectivity index is 2.15. The first kappa shape index (κ1) is 13.1. The fourth-order valence-electron chi connectivity index (χ4n) is 1.94. The van der Waals surface area contributed by atoms with Gasteiger partial charge in [0.25, 0.3) is 0 Å². The molecule has 0 aliphatic heterocycles. The molecule has 0 spiro atoms. The molecule has 2 aromatic rings. The Kier molecular flexibility index (Phi) is 3.99. The van der Waals surface area contributed by atoms with E-state index in [1.807, 2.05) is 24.6 Å². The van der Waals surface area contributed by atoms with Crippen LogP contribution in [0.5, 0.6) is 0 Å². The van der Waals surface area contributed by atoms with Gasteiger partial charge in [-0.3, -0.25) is 4.68 Å². The second-order valence-corrected chi connectivity index (χ2v) is 4.61. The first-order valence-corrected chi connectivity index (χ1v) is 6.30. The van der Waals surface area contributed by atoms with E-state index in [1.54, 1.807) is 18.3 Å². The third-order valence-corrected chi connectivity index (χ3v) is 3.05. The fourth-order valence-corrected chi connectivity index (χ4v) is 2.05. The van der Waals surface area contributed by atoms with Gasteiger partial charge in [-0.15, -0.1) is 0 Å². The molecule has 0 bridgehead atoms. The Morgan fingerprint density at radius 2 is 2.22 bits per heavy atom. The maximum atomic E-state index is 10.2. The van der Waals surface area contributed by atoms with Gasteiger partial charge in [-0.05, 0) is 31.5 Å². The molecule has 5 heteroatoms. The molecule has 0 amide bonds. The molecule has 0 aliphatic carbocycles. The molecular weight excluding hydrogens is 250 g/mol. The number of rotatable bonds is 4. The van der Waals surface area contributed by atoms with Crippen LogP contribution in [0.1, 0.15) is 30.0 Å². The van der Waals surface area contributed by atoms with Gasteiger partial charge >= 0.3 is 0 Å². The zero-order valence-corrected chi connectivity index (χ0v) is 11.2. The lowest BCUT2D eigenvalue weighted by Gasteiger charge is -2.11. The number of pyridine rings is 1. The van der Waals surface area contributed by atoms with Crippen molar-refractivity contribution in [1.29, 1.82) is 0 Å². The molecule has 18 heavy (non-hydrogen) atoms. The molecule has 2 aromatic heterocycles. The molecule has 4 nitrogen and oxygen atoms in total. The molecule has 0 fully saturated rings. The molecule has 2 rings (SSSR count). The van der Waals surface area contributed by atoms with E-state index in [0.29, 0.717) is 11.6 Å². The Morgan fingerprint density at radius 1 is 1.44 bits per heavy atom. The summed E-state index contributed by atoms with van der Waals surface area (Å²) in [5.74, 6) is 0. The highest BCUT2D eigenvalue weighted by molar-refractivity contribution is 6.29. The number of aliphatic hydroxyl groups is 1. The van der Waals surface area contributed by atoms with Crippen LogP contribution in [0.2, 0.25) is 5.15 Å². The van der Waals surface area contributed by atoms with Crippen molar-refractivity contribution in [2.24, 2.45) is 0 Å². The zero-order valence-electron chi connectivity index (χ0n) is 10.5. The summed E-state index contributed by atoms with van der Waals surface area (Å²) >= 11 is 5.72. The number of hydrogen-bond donors (Lipinski definition) is 1. The summed E-state index contributed by atoms with van der Waals surface area (Å²) in [6.07, 6.45) is 1.54. The molecule has 0 radical (unpaired) electrons. The van der Waals surface area contributed by atoms with E-state index in [2.05, 4.69) is 10.1 Å². The minimum Gasteiger partial charge on any atom is -0.388 e. The highest BCUT2D eigenvalue weighted by Gasteiger charge is 2.13. The van der Waals surface area contributed by atoms with Crippen molar-refractivity contribution in [3.05, 3.63) is 46.5 Å². The predicted octanol–water partition coefficient (Wildman–Crippen LogP) is 2.54. The summed E-state index contributed by atoms with van der Waals surface area (Å²) in [5, 5.41) is 15.0. The van der Waals surface area contributed by atoms with Crippen LogP contribution in [0.4, 0.5) is 0 Å². The van der Waals surface area contributed by atoms with Gasteiger partial charge in [-0.1, -0.05) is 17.7 Å². The lowest BCUT2D eigenvalue weighted by Crippen LogP contribution is -2.08.